The minimum absolute atomic E-state index is 0.0671. The molecule has 1 aromatic carbocycles. The van der Waals surface area contributed by atoms with Crippen LogP contribution >= 0.6 is 0 Å². The molecule has 1 aliphatic rings. The molecular formula is C20H22N4O7. The number of aromatic amines is 1. The van der Waals surface area contributed by atoms with Crippen LogP contribution in [0, 0.1) is 6.92 Å². The van der Waals surface area contributed by atoms with Crippen LogP contribution in [0.3, 0.4) is 0 Å². The Morgan fingerprint density at radius 3 is 2.81 bits per heavy atom. The number of fused-ring (bicyclic) bond motifs is 1. The van der Waals surface area contributed by atoms with Gasteiger partial charge in [-0.3, -0.25) is 19.1 Å². The molecule has 3 aromatic rings. The Morgan fingerprint density at radius 1 is 1.29 bits per heavy atom. The first-order chi connectivity index (χ1) is 14.8. The van der Waals surface area contributed by atoms with Crippen LogP contribution in [0.5, 0.6) is 0 Å². The molecule has 1 aliphatic heterocycles. The zero-order valence-corrected chi connectivity index (χ0v) is 16.6. The number of carbonyl (C=O) groups is 1. The van der Waals surface area contributed by atoms with Gasteiger partial charge >= 0.3 is 5.69 Å². The van der Waals surface area contributed by atoms with E-state index in [4.69, 9.17) is 9.26 Å². The predicted molar refractivity (Wildman–Crippen MR) is 107 cm³/mol. The maximum Gasteiger partial charge on any atom is 0.328 e. The highest BCUT2D eigenvalue weighted by molar-refractivity contribution is 5.78. The van der Waals surface area contributed by atoms with E-state index in [1.165, 1.54) is 4.57 Å². The summed E-state index contributed by atoms with van der Waals surface area (Å²) >= 11 is 0. The van der Waals surface area contributed by atoms with Crippen LogP contribution in [-0.2, 0) is 22.5 Å². The van der Waals surface area contributed by atoms with Gasteiger partial charge in [0.2, 0.25) is 5.91 Å². The average Bonchev–Trinajstić information content (AvgIpc) is 3.14. The standard InChI is InChI=1S/C20H22N4O7/c1-10-6-11(31-23-10)7-16(25)21-13-9-30-15(18(27)17(13)26)8-24-14-5-3-2-4-12(14)19(28)22-20(24)29/h2-6,13,15,17-18,26-27H,7-9H2,1H3,(H,21,25)(H,22,28,29)/t13-,15-,17+,18-/m1/s1. The van der Waals surface area contributed by atoms with Crippen LogP contribution in [0.15, 0.2) is 44.4 Å². The molecule has 3 heterocycles. The summed E-state index contributed by atoms with van der Waals surface area (Å²) in [6.07, 6.45) is -3.68. The minimum atomic E-state index is -1.37. The van der Waals surface area contributed by atoms with Crippen molar-refractivity contribution in [3.63, 3.8) is 0 Å². The second-order valence-electron chi connectivity index (χ2n) is 7.53. The van der Waals surface area contributed by atoms with Crippen LogP contribution < -0.4 is 16.6 Å². The van der Waals surface area contributed by atoms with E-state index < -0.39 is 41.5 Å². The van der Waals surface area contributed by atoms with Gasteiger partial charge in [0.25, 0.3) is 5.56 Å². The summed E-state index contributed by atoms with van der Waals surface area (Å²) in [7, 11) is 0. The van der Waals surface area contributed by atoms with Crippen molar-refractivity contribution in [3.05, 3.63) is 62.6 Å². The molecule has 4 rings (SSSR count). The number of ether oxygens (including phenoxy) is 1. The number of nitrogens with one attached hydrogen (secondary N) is 2. The van der Waals surface area contributed by atoms with Gasteiger partial charge in [-0.05, 0) is 19.1 Å². The number of para-hydroxylation sites is 1. The number of aromatic nitrogens is 3. The lowest BCUT2D eigenvalue weighted by molar-refractivity contribution is -0.158. The quantitative estimate of drug-likeness (QED) is 0.394. The number of aliphatic hydroxyl groups excluding tert-OH is 2. The molecule has 31 heavy (non-hydrogen) atoms. The lowest BCUT2D eigenvalue weighted by Gasteiger charge is -2.38. The fourth-order valence-corrected chi connectivity index (χ4v) is 3.69. The van der Waals surface area contributed by atoms with Crippen LogP contribution in [0.1, 0.15) is 11.5 Å². The van der Waals surface area contributed by atoms with Crippen molar-refractivity contribution in [2.75, 3.05) is 6.61 Å². The summed E-state index contributed by atoms with van der Waals surface area (Å²) in [6.45, 7) is 1.57. The van der Waals surface area contributed by atoms with Gasteiger partial charge in [0.15, 0.2) is 0 Å². The SMILES string of the molecule is Cc1cc(CC(=O)N[C@@H]2CO[C@H](Cn3c(=O)[nH]c(=O)c4ccccc43)[C@@H](O)[C@H]2O)on1. The van der Waals surface area contributed by atoms with Gasteiger partial charge in [0, 0.05) is 6.07 Å². The number of aliphatic hydroxyl groups is 2. The second kappa shape index (κ2) is 8.46. The van der Waals surface area contributed by atoms with Crippen molar-refractivity contribution in [2.45, 2.75) is 44.2 Å². The van der Waals surface area contributed by atoms with Crippen molar-refractivity contribution in [1.82, 2.24) is 20.0 Å². The molecule has 2 aromatic heterocycles. The van der Waals surface area contributed by atoms with Crippen LogP contribution in [0.4, 0.5) is 0 Å². The Bertz CT molecular complexity index is 1210. The monoisotopic (exact) mass is 430 g/mol. The molecule has 1 fully saturated rings. The number of benzene rings is 1. The third-order valence-corrected chi connectivity index (χ3v) is 5.26. The fraction of sp³-hybridized carbons (Fsp3) is 0.400. The van der Waals surface area contributed by atoms with E-state index in [0.29, 0.717) is 22.4 Å². The first-order valence-corrected chi connectivity index (χ1v) is 9.74. The van der Waals surface area contributed by atoms with Gasteiger partial charge < -0.3 is 24.8 Å². The highest BCUT2D eigenvalue weighted by Gasteiger charge is 2.39. The smallest absolute Gasteiger partial charge is 0.328 e. The van der Waals surface area contributed by atoms with Crippen LogP contribution in [-0.4, -0.2) is 61.8 Å². The van der Waals surface area contributed by atoms with Gasteiger partial charge in [0.1, 0.15) is 24.1 Å². The molecule has 4 N–H and O–H groups in total. The number of carbonyl (C=O) groups excluding carboxylic acids is 1. The number of hydrogen-bond donors (Lipinski definition) is 4. The summed E-state index contributed by atoms with van der Waals surface area (Å²) in [5.74, 6) is -0.0405. The van der Waals surface area contributed by atoms with Crippen LogP contribution in [0.25, 0.3) is 10.9 Å². The number of rotatable bonds is 5. The third kappa shape index (κ3) is 4.29. The normalized spacial score (nSPS) is 23.7. The van der Waals surface area contributed by atoms with E-state index in [2.05, 4.69) is 15.5 Å². The van der Waals surface area contributed by atoms with Crippen molar-refractivity contribution in [3.8, 4) is 0 Å². The van der Waals surface area contributed by atoms with E-state index in [1.54, 1.807) is 37.3 Å². The lowest BCUT2D eigenvalue weighted by atomic mass is 9.97. The van der Waals surface area contributed by atoms with Crippen molar-refractivity contribution in [1.29, 1.82) is 0 Å². The number of H-pyrrole nitrogens is 1. The molecule has 11 heteroatoms. The number of hydrogen-bond acceptors (Lipinski definition) is 8. The summed E-state index contributed by atoms with van der Waals surface area (Å²) in [5, 5.41) is 27.7. The molecule has 0 aliphatic carbocycles. The summed E-state index contributed by atoms with van der Waals surface area (Å²) in [6, 6.07) is 7.35. The fourth-order valence-electron chi connectivity index (χ4n) is 3.69. The second-order valence-corrected chi connectivity index (χ2v) is 7.53. The molecule has 11 nitrogen and oxygen atoms in total. The minimum Gasteiger partial charge on any atom is -0.388 e. The third-order valence-electron chi connectivity index (χ3n) is 5.26. The van der Waals surface area contributed by atoms with Gasteiger partial charge in [-0.15, -0.1) is 0 Å². The van der Waals surface area contributed by atoms with Crippen molar-refractivity contribution in [2.24, 2.45) is 0 Å². The van der Waals surface area contributed by atoms with Gasteiger partial charge in [-0.25, -0.2) is 4.79 Å². The molecular weight excluding hydrogens is 408 g/mol. The highest BCUT2D eigenvalue weighted by Crippen LogP contribution is 2.18. The Kier molecular flexibility index (Phi) is 5.72. The molecule has 0 radical (unpaired) electrons. The predicted octanol–water partition coefficient (Wildman–Crippen LogP) is -1.17. The topological polar surface area (TPSA) is 160 Å². The Hall–Kier alpha value is -3.28. The number of amides is 1. The van der Waals surface area contributed by atoms with Gasteiger partial charge in [0.05, 0.1) is 42.2 Å². The molecule has 4 atom stereocenters. The average molecular weight is 430 g/mol. The van der Waals surface area contributed by atoms with Crippen molar-refractivity contribution < 1.29 is 24.3 Å². The van der Waals surface area contributed by atoms with Crippen molar-refractivity contribution >= 4 is 16.8 Å². The molecule has 0 unspecified atom stereocenters. The molecule has 1 saturated heterocycles. The molecule has 0 bridgehead atoms. The van der Waals surface area contributed by atoms with E-state index >= 15 is 0 Å². The van der Waals surface area contributed by atoms with E-state index in [9.17, 15) is 24.6 Å². The lowest BCUT2D eigenvalue weighted by Crippen LogP contribution is -2.60. The van der Waals surface area contributed by atoms with E-state index in [0.717, 1.165) is 0 Å². The zero-order valence-electron chi connectivity index (χ0n) is 16.6. The van der Waals surface area contributed by atoms with E-state index in [-0.39, 0.29) is 19.6 Å². The Balaban J connectivity index is 1.45. The van der Waals surface area contributed by atoms with Gasteiger partial charge in [-0.2, -0.15) is 0 Å². The number of nitrogens with zero attached hydrogens (tertiary/aromatic N) is 2. The first kappa shape index (κ1) is 21.0. The molecule has 0 saturated carbocycles. The molecule has 164 valence electrons. The Morgan fingerprint density at radius 2 is 2.06 bits per heavy atom. The Labute approximate surface area is 175 Å². The molecule has 1 amide bonds. The maximum absolute atomic E-state index is 12.3. The summed E-state index contributed by atoms with van der Waals surface area (Å²) in [5.41, 5.74) is -0.120. The first-order valence-electron chi connectivity index (χ1n) is 9.74. The summed E-state index contributed by atoms with van der Waals surface area (Å²) in [4.78, 5) is 38.8. The van der Waals surface area contributed by atoms with Gasteiger partial charge in [-0.1, -0.05) is 17.3 Å². The number of aryl methyl sites for hydroxylation is 1. The zero-order chi connectivity index (χ0) is 22.1. The summed E-state index contributed by atoms with van der Waals surface area (Å²) < 4.78 is 11.9. The maximum atomic E-state index is 12.3. The highest BCUT2D eigenvalue weighted by atomic mass is 16.5. The largest absolute Gasteiger partial charge is 0.388 e. The molecule has 0 spiro atoms. The van der Waals surface area contributed by atoms with Crippen LogP contribution in [0.2, 0.25) is 0 Å². The van der Waals surface area contributed by atoms with E-state index in [1.807, 2.05) is 0 Å².